The number of methoxy groups -OCH3 is 2. The Hall–Kier alpha value is -2.62. The van der Waals surface area contributed by atoms with Crippen molar-refractivity contribution in [2.75, 3.05) is 45.3 Å². The Labute approximate surface area is 154 Å². The van der Waals surface area contributed by atoms with Crippen LogP contribution in [0.4, 0.5) is 5.82 Å². The van der Waals surface area contributed by atoms with Gasteiger partial charge in [-0.1, -0.05) is 6.07 Å². The van der Waals surface area contributed by atoms with Crippen LogP contribution in [0, 0.1) is 11.3 Å². The Kier molecular flexibility index (Phi) is 6.05. The fourth-order valence-electron chi connectivity index (χ4n) is 3.23. The van der Waals surface area contributed by atoms with E-state index < -0.39 is 0 Å². The lowest BCUT2D eigenvalue weighted by atomic mass is 10.1. The summed E-state index contributed by atoms with van der Waals surface area (Å²) in [5, 5.41) is 8.87. The second-order valence-electron chi connectivity index (χ2n) is 6.36. The fraction of sp³-hybridized carbons (Fsp3) is 0.400. The van der Waals surface area contributed by atoms with Crippen LogP contribution >= 0.6 is 0 Å². The van der Waals surface area contributed by atoms with Crippen LogP contribution in [-0.2, 0) is 17.9 Å². The number of hydrogen-bond acceptors (Lipinski definition) is 6. The van der Waals surface area contributed by atoms with Gasteiger partial charge in [-0.3, -0.25) is 4.90 Å². The largest absolute Gasteiger partial charge is 0.496 e. The van der Waals surface area contributed by atoms with E-state index in [-0.39, 0.29) is 0 Å². The summed E-state index contributed by atoms with van der Waals surface area (Å²) in [5.74, 6) is 1.81. The van der Waals surface area contributed by atoms with Crippen molar-refractivity contribution < 1.29 is 9.47 Å². The molecule has 2 heterocycles. The molecule has 0 atom stereocenters. The van der Waals surface area contributed by atoms with E-state index in [0.29, 0.717) is 12.2 Å². The third-order valence-electron chi connectivity index (χ3n) is 4.62. The number of pyridine rings is 1. The highest BCUT2D eigenvalue weighted by Crippen LogP contribution is 2.22. The van der Waals surface area contributed by atoms with Crippen molar-refractivity contribution >= 4 is 5.82 Å². The highest BCUT2D eigenvalue weighted by molar-refractivity contribution is 5.42. The highest BCUT2D eigenvalue weighted by Gasteiger charge is 2.18. The van der Waals surface area contributed by atoms with Crippen molar-refractivity contribution in [3.05, 3.63) is 53.2 Å². The van der Waals surface area contributed by atoms with Crippen molar-refractivity contribution in [2.45, 2.75) is 13.2 Å². The molecule has 1 aliphatic heterocycles. The Morgan fingerprint density at radius 3 is 2.54 bits per heavy atom. The predicted molar refractivity (Wildman–Crippen MR) is 100 cm³/mol. The molecule has 0 bridgehead atoms. The molecule has 6 heteroatoms. The van der Waals surface area contributed by atoms with Crippen LogP contribution < -0.4 is 9.64 Å². The SMILES string of the molecule is COCc1cc(CN2CCN(c3ccc(C#N)cn3)CC2)ccc1OC. The van der Waals surface area contributed by atoms with Gasteiger partial charge < -0.3 is 14.4 Å². The third-order valence-corrected chi connectivity index (χ3v) is 4.62. The minimum atomic E-state index is 0.551. The third kappa shape index (κ3) is 4.31. The molecule has 3 rings (SSSR count). The van der Waals surface area contributed by atoms with Crippen LogP contribution in [-0.4, -0.2) is 50.3 Å². The standard InChI is InChI=1S/C20H24N4O2/c1-25-15-18-11-16(3-5-19(18)26-2)14-23-7-9-24(10-8-23)20-6-4-17(12-21)13-22-20/h3-6,11,13H,7-10,14-15H2,1-2H3. The summed E-state index contributed by atoms with van der Waals surface area (Å²) in [5.41, 5.74) is 2.94. The number of anilines is 1. The van der Waals surface area contributed by atoms with Gasteiger partial charge in [-0.05, 0) is 29.8 Å². The van der Waals surface area contributed by atoms with E-state index >= 15 is 0 Å². The molecule has 2 aromatic rings. The van der Waals surface area contributed by atoms with Crippen molar-refractivity contribution in [1.82, 2.24) is 9.88 Å². The van der Waals surface area contributed by atoms with E-state index in [1.165, 1.54) is 5.56 Å². The number of piperazine rings is 1. The van der Waals surface area contributed by atoms with Crippen LogP contribution in [0.1, 0.15) is 16.7 Å². The maximum atomic E-state index is 8.87. The molecule has 136 valence electrons. The first-order chi connectivity index (χ1) is 12.7. The molecule has 0 unspecified atom stereocenters. The van der Waals surface area contributed by atoms with Crippen LogP contribution in [0.2, 0.25) is 0 Å². The van der Waals surface area contributed by atoms with Crippen molar-refractivity contribution in [3.8, 4) is 11.8 Å². The Morgan fingerprint density at radius 2 is 1.92 bits per heavy atom. The molecule has 26 heavy (non-hydrogen) atoms. The lowest BCUT2D eigenvalue weighted by Crippen LogP contribution is -2.46. The predicted octanol–water partition coefficient (Wildman–Crippen LogP) is 2.43. The number of aromatic nitrogens is 1. The molecule has 0 aliphatic carbocycles. The molecule has 1 aromatic heterocycles. The zero-order valence-corrected chi connectivity index (χ0v) is 15.3. The number of rotatable bonds is 6. The molecular formula is C20H24N4O2. The molecule has 0 saturated carbocycles. The van der Waals surface area contributed by atoms with Gasteiger partial charge >= 0.3 is 0 Å². The second kappa shape index (κ2) is 8.65. The zero-order valence-electron chi connectivity index (χ0n) is 15.3. The van der Waals surface area contributed by atoms with Crippen LogP contribution in [0.5, 0.6) is 5.75 Å². The average Bonchev–Trinajstić information content (AvgIpc) is 2.69. The molecule has 1 fully saturated rings. The van der Waals surface area contributed by atoms with Gasteiger partial charge in [-0.25, -0.2) is 4.98 Å². The highest BCUT2D eigenvalue weighted by atomic mass is 16.5. The summed E-state index contributed by atoms with van der Waals surface area (Å²) in [6, 6.07) is 12.1. The number of benzene rings is 1. The summed E-state index contributed by atoms with van der Waals surface area (Å²) < 4.78 is 10.7. The van der Waals surface area contributed by atoms with Gasteiger partial charge in [0.25, 0.3) is 0 Å². The molecule has 1 saturated heterocycles. The lowest BCUT2D eigenvalue weighted by molar-refractivity contribution is 0.181. The minimum Gasteiger partial charge on any atom is -0.496 e. The normalized spacial score (nSPS) is 14.9. The Bertz CT molecular complexity index is 762. The van der Waals surface area contributed by atoms with Gasteiger partial charge in [0, 0.05) is 51.6 Å². The van der Waals surface area contributed by atoms with Gasteiger partial charge in [-0.2, -0.15) is 5.26 Å². The molecule has 0 radical (unpaired) electrons. The first-order valence-corrected chi connectivity index (χ1v) is 8.71. The molecule has 1 aliphatic rings. The van der Waals surface area contributed by atoms with Gasteiger partial charge in [0.2, 0.25) is 0 Å². The number of ether oxygens (including phenoxy) is 2. The molecule has 0 amide bonds. The smallest absolute Gasteiger partial charge is 0.128 e. The van der Waals surface area contributed by atoms with Crippen molar-refractivity contribution in [1.29, 1.82) is 5.26 Å². The molecule has 0 N–H and O–H groups in total. The average molecular weight is 352 g/mol. The summed E-state index contributed by atoms with van der Waals surface area (Å²) in [6.45, 7) is 5.28. The van der Waals surface area contributed by atoms with E-state index in [1.807, 2.05) is 18.2 Å². The molecule has 1 aromatic carbocycles. The summed E-state index contributed by atoms with van der Waals surface area (Å²) in [7, 11) is 3.38. The zero-order chi connectivity index (χ0) is 18.4. The second-order valence-corrected chi connectivity index (χ2v) is 6.36. The van der Waals surface area contributed by atoms with E-state index in [9.17, 15) is 0 Å². The maximum absolute atomic E-state index is 8.87. The van der Waals surface area contributed by atoms with E-state index in [1.54, 1.807) is 20.4 Å². The quantitative estimate of drug-likeness (QED) is 0.796. The van der Waals surface area contributed by atoms with E-state index in [4.69, 9.17) is 14.7 Å². The van der Waals surface area contributed by atoms with Gasteiger partial charge in [0.05, 0.1) is 19.3 Å². The van der Waals surface area contributed by atoms with Gasteiger partial charge in [0.15, 0.2) is 0 Å². The Balaban J connectivity index is 1.58. The summed E-state index contributed by atoms with van der Waals surface area (Å²) in [6.07, 6.45) is 1.64. The van der Waals surface area contributed by atoms with E-state index in [2.05, 4.69) is 33.0 Å². The monoisotopic (exact) mass is 352 g/mol. The summed E-state index contributed by atoms with van der Waals surface area (Å²) >= 11 is 0. The Morgan fingerprint density at radius 1 is 1.12 bits per heavy atom. The lowest BCUT2D eigenvalue weighted by Gasteiger charge is -2.35. The van der Waals surface area contributed by atoms with Crippen LogP contribution in [0.25, 0.3) is 0 Å². The maximum Gasteiger partial charge on any atom is 0.128 e. The first kappa shape index (κ1) is 18.2. The first-order valence-electron chi connectivity index (χ1n) is 8.71. The molecule has 0 spiro atoms. The molecule has 6 nitrogen and oxygen atoms in total. The van der Waals surface area contributed by atoms with Gasteiger partial charge in [0.1, 0.15) is 17.6 Å². The van der Waals surface area contributed by atoms with Gasteiger partial charge in [-0.15, -0.1) is 0 Å². The number of hydrogen-bond donors (Lipinski definition) is 0. The molecular weight excluding hydrogens is 328 g/mol. The van der Waals surface area contributed by atoms with Crippen LogP contribution in [0.15, 0.2) is 36.5 Å². The van der Waals surface area contributed by atoms with Crippen LogP contribution in [0.3, 0.4) is 0 Å². The van der Waals surface area contributed by atoms with Crippen molar-refractivity contribution in [3.63, 3.8) is 0 Å². The number of nitriles is 1. The number of nitrogens with zero attached hydrogens (tertiary/aromatic N) is 4. The summed E-state index contributed by atoms with van der Waals surface area (Å²) in [4.78, 5) is 9.10. The fourth-order valence-corrected chi connectivity index (χ4v) is 3.23. The topological polar surface area (TPSA) is 61.6 Å². The van der Waals surface area contributed by atoms with Crippen molar-refractivity contribution in [2.24, 2.45) is 0 Å². The van der Waals surface area contributed by atoms with E-state index in [0.717, 1.165) is 49.9 Å². The minimum absolute atomic E-state index is 0.551.